The van der Waals surface area contributed by atoms with E-state index in [2.05, 4.69) is 10.3 Å². The zero-order chi connectivity index (χ0) is 23.0. The Morgan fingerprint density at radius 1 is 1.03 bits per heavy atom. The lowest BCUT2D eigenvalue weighted by Gasteiger charge is -2.13. The minimum absolute atomic E-state index is 0.0478. The number of ether oxygens (including phenoxy) is 1. The third-order valence-corrected chi connectivity index (χ3v) is 5.75. The zero-order valence-electron chi connectivity index (χ0n) is 16.1. The van der Waals surface area contributed by atoms with Crippen molar-refractivity contribution in [1.29, 1.82) is 0 Å². The lowest BCUT2D eigenvalue weighted by molar-refractivity contribution is 0.0946. The maximum atomic E-state index is 15.1. The molecular weight excluding hydrogens is 499 g/mol. The van der Waals surface area contributed by atoms with E-state index >= 15 is 4.39 Å². The quantitative estimate of drug-likeness (QED) is 0.247. The van der Waals surface area contributed by atoms with Crippen molar-refractivity contribution in [3.05, 3.63) is 85.7 Å². The van der Waals surface area contributed by atoms with Gasteiger partial charge in [0.2, 0.25) is 0 Å². The van der Waals surface area contributed by atoms with Crippen molar-refractivity contribution in [3.63, 3.8) is 0 Å². The van der Waals surface area contributed by atoms with Gasteiger partial charge in [-0.3, -0.25) is 4.79 Å². The van der Waals surface area contributed by atoms with Crippen molar-refractivity contribution in [3.8, 4) is 11.5 Å². The number of rotatable bonds is 5. The smallest absolute Gasteiger partial charge is 0.269 e. The molecule has 4 aromatic rings. The van der Waals surface area contributed by atoms with Crippen molar-refractivity contribution >= 4 is 68.9 Å². The summed E-state index contributed by atoms with van der Waals surface area (Å²) in [4.78, 5) is 15.6. The van der Waals surface area contributed by atoms with Crippen LogP contribution in [0.25, 0.3) is 10.9 Å². The van der Waals surface area contributed by atoms with Crippen LogP contribution in [-0.4, -0.2) is 10.9 Å². The van der Waals surface area contributed by atoms with E-state index in [0.29, 0.717) is 26.6 Å². The molecule has 0 aliphatic rings. The fourth-order valence-corrected chi connectivity index (χ4v) is 4.01. The molecule has 1 aromatic heterocycles. The number of aromatic nitrogens is 1. The summed E-state index contributed by atoms with van der Waals surface area (Å²) in [6.45, 7) is -0.137. The summed E-state index contributed by atoms with van der Waals surface area (Å²) in [7, 11) is 0. The zero-order valence-corrected chi connectivity index (χ0v) is 19.1. The predicted octanol–water partition coefficient (Wildman–Crippen LogP) is 7.23. The third kappa shape index (κ3) is 4.59. The molecule has 0 radical (unpaired) electrons. The van der Waals surface area contributed by atoms with E-state index in [4.69, 9.17) is 56.9 Å². The minimum Gasteiger partial charge on any atom is -0.453 e. The van der Waals surface area contributed by atoms with Crippen molar-refractivity contribution in [2.75, 3.05) is 5.73 Å². The molecule has 1 heterocycles. The van der Waals surface area contributed by atoms with Gasteiger partial charge in [-0.2, -0.15) is 0 Å². The van der Waals surface area contributed by atoms with Crippen molar-refractivity contribution in [1.82, 2.24) is 10.3 Å². The maximum Gasteiger partial charge on any atom is 0.269 e. The Balaban J connectivity index is 1.55. The highest BCUT2D eigenvalue weighted by atomic mass is 35.5. The van der Waals surface area contributed by atoms with Crippen LogP contribution in [-0.2, 0) is 6.54 Å². The topological polar surface area (TPSA) is 80.1 Å². The summed E-state index contributed by atoms with van der Waals surface area (Å²) < 4.78 is 20.7. The highest BCUT2D eigenvalue weighted by Gasteiger charge is 2.19. The number of aromatic amines is 1. The van der Waals surface area contributed by atoms with Crippen molar-refractivity contribution in [2.24, 2.45) is 0 Å². The van der Waals surface area contributed by atoms with Gasteiger partial charge in [0.15, 0.2) is 11.6 Å². The van der Waals surface area contributed by atoms with Crippen LogP contribution in [0.2, 0.25) is 20.1 Å². The van der Waals surface area contributed by atoms with Gasteiger partial charge < -0.3 is 20.8 Å². The van der Waals surface area contributed by atoms with Crippen LogP contribution in [0.3, 0.4) is 0 Å². The Kier molecular flexibility index (Phi) is 6.40. The van der Waals surface area contributed by atoms with Crippen LogP contribution in [0, 0.1) is 5.82 Å². The second-order valence-corrected chi connectivity index (χ2v) is 8.52. The van der Waals surface area contributed by atoms with E-state index in [1.165, 1.54) is 30.3 Å². The molecule has 4 N–H and O–H groups in total. The molecule has 0 spiro atoms. The summed E-state index contributed by atoms with van der Waals surface area (Å²) in [5.74, 6) is -1.23. The Morgan fingerprint density at radius 2 is 1.81 bits per heavy atom. The molecule has 0 fully saturated rings. The average Bonchev–Trinajstić information content (AvgIpc) is 3.05. The van der Waals surface area contributed by atoms with E-state index in [1.807, 2.05) is 0 Å². The summed E-state index contributed by atoms with van der Waals surface area (Å²) in [6.07, 6.45) is 0. The molecule has 4 rings (SSSR count). The number of hydrogen-bond donors (Lipinski definition) is 3. The van der Waals surface area contributed by atoms with Crippen molar-refractivity contribution < 1.29 is 13.9 Å². The summed E-state index contributed by atoms with van der Waals surface area (Å²) >= 11 is 24.4. The first-order valence-corrected chi connectivity index (χ1v) is 10.7. The van der Waals surface area contributed by atoms with Gasteiger partial charge in [-0.1, -0.05) is 52.5 Å². The minimum atomic E-state index is -0.731. The maximum absolute atomic E-state index is 15.1. The van der Waals surface area contributed by atoms with Gasteiger partial charge in [0.25, 0.3) is 5.91 Å². The number of H-pyrrole nitrogens is 1. The molecule has 0 atom stereocenters. The van der Waals surface area contributed by atoms with E-state index in [0.717, 1.165) is 0 Å². The molecule has 10 heteroatoms. The molecule has 0 saturated carbocycles. The second-order valence-electron chi connectivity index (χ2n) is 6.86. The first-order chi connectivity index (χ1) is 15.2. The Hall–Kier alpha value is -2.64. The second kappa shape index (κ2) is 9.08. The molecule has 1 amide bonds. The van der Waals surface area contributed by atoms with Gasteiger partial charge in [-0.25, -0.2) is 4.39 Å². The van der Waals surface area contributed by atoms with E-state index < -0.39 is 11.7 Å². The number of fused-ring (bicyclic) bond motifs is 1. The van der Waals surface area contributed by atoms with Crippen LogP contribution >= 0.6 is 46.4 Å². The number of halogens is 5. The van der Waals surface area contributed by atoms with E-state index in [9.17, 15) is 4.79 Å². The van der Waals surface area contributed by atoms with Crippen LogP contribution in [0.4, 0.5) is 10.1 Å². The first kappa shape index (κ1) is 22.6. The first-order valence-electron chi connectivity index (χ1n) is 9.18. The van der Waals surface area contributed by atoms with Crippen LogP contribution < -0.4 is 15.8 Å². The van der Waals surface area contributed by atoms with Crippen LogP contribution in [0.15, 0.2) is 48.5 Å². The van der Waals surface area contributed by atoms with Crippen molar-refractivity contribution in [2.45, 2.75) is 6.54 Å². The molecule has 0 aliphatic carbocycles. The number of carbonyl (C=O) groups is 1. The van der Waals surface area contributed by atoms with Crippen LogP contribution in [0.1, 0.15) is 16.1 Å². The van der Waals surface area contributed by atoms with Gasteiger partial charge in [0.1, 0.15) is 11.4 Å². The Morgan fingerprint density at radius 3 is 2.56 bits per heavy atom. The number of nitrogens with one attached hydrogen (secondary N) is 2. The van der Waals surface area contributed by atoms with E-state index in [1.54, 1.807) is 18.2 Å². The number of carbonyl (C=O) groups excluding carboxylic acids is 1. The molecule has 0 bridgehead atoms. The van der Waals surface area contributed by atoms with Gasteiger partial charge >= 0.3 is 0 Å². The summed E-state index contributed by atoms with van der Waals surface area (Å²) in [5.41, 5.74) is 7.01. The largest absolute Gasteiger partial charge is 0.453 e. The number of anilines is 1. The molecule has 32 heavy (non-hydrogen) atoms. The van der Waals surface area contributed by atoms with Crippen LogP contribution in [0.5, 0.6) is 11.5 Å². The number of nitrogen functional groups attached to an aromatic ring is 1. The van der Waals surface area contributed by atoms with E-state index in [-0.39, 0.29) is 39.3 Å². The summed E-state index contributed by atoms with van der Waals surface area (Å²) in [6, 6.07) is 12.4. The van der Waals surface area contributed by atoms with Gasteiger partial charge in [-0.05, 0) is 36.4 Å². The normalized spacial score (nSPS) is 11.0. The van der Waals surface area contributed by atoms with Gasteiger partial charge in [0.05, 0.1) is 10.0 Å². The molecule has 5 nitrogen and oxygen atoms in total. The number of benzene rings is 3. The Labute approximate surface area is 202 Å². The fourth-order valence-electron chi connectivity index (χ4n) is 3.12. The SMILES string of the molecule is Nc1cc(Cl)cc(Oc2c(Cl)ccc(CNC(=O)c3[nH]c4cc(Cl)ccc4c3Cl)c2F)c1. The van der Waals surface area contributed by atoms with Gasteiger partial charge in [0, 0.05) is 44.8 Å². The lowest BCUT2D eigenvalue weighted by atomic mass is 10.2. The fraction of sp³-hybridized carbons (Fsp3) is 0.0455. The monoisotopic (exact) mass is 511 g/mol. The molecule has 0 unspecified atom stereocenters. The standard InChI is InChI=1S/C22H14Cl4FN3O2/c23-11-2-3-15-17(7-11)30-20(18(15)26)22(31)29-9-10-1-4-16(25)21(19(10)27)32-14-6-12(24)5-13(28)8-14/h1-8,30H,9,28H2,(H,29,31). The molecule has 0 aliphatic heterocycles. The molecule has 164 valence electrons. The average molecular weight is 513 g/mol. The summed E-state index contributed by atoms with van der Waals surface area (Å²) in [5, 5.41) is 4.40. The molecule has 3 aromatic carbocycles. The molecular formula is C22H14Cl4FN3O2. The number of nitrogens with two attached hydrogens (primary N) is 1. The number of hydrogen-bond acceptors (Lipinski definition) is 3. The third-order valence-electron chi connectivity index (χ3n) is 4.61. The highest BCUT2D eigenvalue weighted by molar-refractivity contribution is 6.39. The number of amides is 1. The predicted molar refractivity (Wildman–Crippen MR) is 127 cm³/mol. The lowest BCUT2D eigenvalue weighted by Crippen LogP contribution is -2.24. The van der Waals surface area contributed by atoms with Gasteiger partial charge in [-0.15, -0.1) is 0 Å². The highest BCUT2D eigenvalue weighted by Crippen LogP contribution is 2.36. The Bertz CT molecular complexity index is 1340. The molecule has 0 saturated heterocycles.